The number of urea groups is 1. The largest absolute Gasteiger partial charge is 0.338 e. The van der Waals surface area contributed by atoms with Gasteiger partial charge in [-0.3, -0.25) is 0 Å². The van der Waals surface area contributed by atoms with Gasteiger partial charge in [-0.25, -0.2) is 4.79 Å². The van der Waals surface area contributed by atoms with Gasteiger partial charge in [0, 0.05) is 13.1 Å². The lowest BCUT2D eigenvalue weighted by atomic mass is 10.1. The lowest BCUT2D eigenvalue weighted by molar-refractivity contribution is 0.240. The van der Waals surface area contributed by atoms with Crippen LogP contribution in [0.25, 0.3) is 0 Å². The average molecular weight is 364 g/mol. The van der Waals surface area contributed by atoms with E-state index >= 15 is 0 Å². The van der Waals surface area contributed by atoms with Crippen molar-refractivity contribution in [3.8, 4) is 0 Å². The van der Waals surface area contributed by atoms with E-state index in [1.54, 1.807) is 0 Å². The highest BCUT2D eigenvalue weighted by molar-refractivity contribution is 5.86. The van der Waals surface area contributed by atoms with Crippen LogP contribution in [0, 0.1) is 0 Å². The molecule has 0 atom stereocenters. The first-order valence-electron chi connectivity index (χ1n) is 10.4. The van der Waals surface area contributed by atoms with Gasteiger partial charge in [0.1, 0.15) is 6.54 Å². The molecule has 0 radical (unpaired) electrons. The fourth-order valence-electron chi connectivity index (χ4n) is 2.78. The lowest BCUT2D eigenvalue weighted by Gasteiger charge is -2.06. The van der Waals surface area contributed by atoms with Gasteiger partial charge in [-0.05, 0) is 56.6 Å². The summed E-state index contributed by atoms with van der Waals surface area (Å²) in [7, 11) is 0. The third kappa shape index (κ3) is 13.6. The number of hydrogen-bond donors (Lipinski definition) is 2. The number of carbonyl (C=O) groups excluding carboxylic acids is 1. The Bertz CT molecular complexity index is 445. The molecule has 2 N–H and O–H groups in total. The molecule has 0 saturated carbocycles. The maximum Gasteiger partial charge on any atom is 0.314 e. The molecule has 1 aliphatic heterocycles. The molecule has 1 aliphatic rings. The van der Waals surface area contributed by atoms with Crippen LogP contribution in [-0.2, 0) is 0 Å². The number of nitrogens with zero attached hydrogens (tertiary/aromatic N) is 3. The number of hydrogen-bond acceptors (Lipinski definition) is 4. The second kappa shape index (κ2) is 16.7. The van der Waals surface area contributed by atoms with Crippen molar-refractivity contribution < 1.29 is 4.79 Å². The van der Waals surface area contributed by atoms with Crippen LogP contribution < -0.4 is 10.6 Å². The Balaban J connectivity index is 1.77. The Labute approximate surface area is 159 Å². The Morgan fingerprint density at radius 3 is 2.23 bits per heavy atom. The molecule has 6 nitrogen and oxygen atoms in total. The Hall–Kier alpha value is -1.72. The van der Waals surface area contributed by atoms with E-state index in [1.165, 1.54) is 44.9 Å². The summed E-state index contributed by atoms with van der Waals surface area (Å²) in [6.07, 6.45) is 18.5. The number of unbranched alkanes of at least 4 members (excludes halogenated alkanes) is 8. The van der Waals surface area contributed by atoms with Crippen molar-refractivity contribution in [3.05, 3.63) is 12.2 Å². The highest BCUT2D eigenvalue weighted by Gasteiger charge is 2.02. The summed E-state index contributed by atoms with van der Waals surface area (Å²) in [6, 6.07) is -0.0274. The molecule has 0 bridgehead atoms. The van der Waals surface area contributed by atoms with Crippen LogP contribution in [0.15, 0.2) is 27.6 Å². The van der Waals surface area contributed by atoms with Crippen molar-refractivity contribution in [2.24, 2.45) is 15.4 Å². The molecule has 148 valence electrons. The standard InChI is InChI=1S/C20H37N5O/c1-2-3-13-16-21-20(26)22-17-14-11-9-7-5-4-6-8-10-12-15-19-18-23-25-24-19/h5,7H,2-4,6,8-18H2,1H3,(H2,21,22,26)/b7-5-. The summed E-state index contributed by atoms with van der Waals surface area (Å²) >= 11 is 0. The first-order valence-corrected chi connectivity index (χ1v) is 10.4. The quantitative estimate of drug-likeness (QED) is 0.281. The molecule has 26 heavy (non-hydrogen) atoms. The van der Waals surface area contributed by atoms with Crippen LogP contribution in [0.5, 0.6) is 0 Å². The first kappa shape index (κ1) is 22.3. The van der Waals surface area contributed by atoms with Crippen molar-refractivity contribution in [1.29, 1.82) is 0 Å². The second-order valence-electron chi connectivity index (χ2n) is 6.87. The van der Waals surface area contributed by atoms with Gasteiger partial charge in [0.05, 0.1) is 5.71 Å². The Kier molecular flexibility index (Phi) is 14.4. The first-order chi connectivity index (χ1) is 12.8. The van der Waals surface area contributed by atoms with E-state index in [0.29, 0.717) is 6.54 Å². The van der Waals surface area contributed by atoms with Gasteiger partial charge in [0.25, 0.3) is 0 Å². The molecule has 0 fully saturated rings. The third-order valence-corrected chi connectivity index (χ3v) is 4.40. The van der Waals surface area contributed by atoms with Crippen molar-refractivity contribution in [2.45, 2.75) is 84.0 Å². The zero-order valence-electron chi connectivity index (χ0n) is 16.5. The zero-order chi connectivity index (χ0) is 18.7. The molecule has 6 heteroatoms. The summed E-state index contributed by atoms with van der Waals surface area (Å²) in [5.74, 6) is 0. The summed E-state index contributed by atoms with van der Waals surface area (Å²) in [5, 5.41) is 17.3. The van der Waals surface area contributed by atoms with Crippen LogP contribution in [0.1, 0.15) is 84.0 Å². The van der Waals surface area contributed by atoms with Gasteiger partial charge in [0.15, 0.2) is 0 Å². The molecule has 0 aromatic rings. The number of carbonyl (C=O) groups is 1. The Morgan fingerprint density at radius 1 is 0.923 bits per heavy atom. The molecular formula is C20H37N5O. The molecule has 0 aromatic carbocycles. The maximum atomic E-state index is 11.5. The van der Waals surface area contributed by atoms with E-state index in [-0.39, 0.29) is 6.03 Å². The van der Waals surface area contributed by atoms with Crippen LogP contribution >= 0.6 is 0 Å². The molecule has 0 spiro atoms. The topological polar surface area (TPSA) is 78.2 Å². The average Bonchev–Trinajstić information content (AvgIpc) is 3.16. The molecule has 2 amide bonds. The monoisotopic (exact) mass is 363 g/mol. The molecule has 0 saturated heterocycles. The molecule has 0 unspecified atom stereocenters. The fraction of sp³-hybridized carbons (Fsp3) is 0.800. The van der Waals surface area contributed by atoms with Crippen molar-refractivity contribution in [3.63, 3.8) is 0 Å². The normalized spacial score (nSPS) is 13.3. The molecule has 0 aromatic heterocycles. The van der Waals surface area contributed by atoms with Crippen LogP contribution in [0.2, 0.25) is 0 Å². The second-order valence-corrected chi connectivity index (χ2v) is 6.87. The smallest absolute Gasteiger partial charge is 0.314 e. The summed E-state index contributed by atoms with van der Waals surface area (Å²) in [4.78, 5) is 11.5. The minimum absolute atomic E-state index is 0.0274. The third-order valence-electron chi connectivity index (χ3n) is 4.40. The van der Waals surface area contributed by atoms with Crippen molar-refractivity contribution >= 4 is 11.7 Å². The van der Waals surface area contributed by atoms with E-state index in [2.05, 4.69) is 45.1 Å². The van der Waals surface area contributed by atoms with Crippen LogP contribution in [0.3, 0.4) is 0 Å². The number of allylic oxidation sites excluding steroid dienone is 2. The van der Waals surface area contributed by atoms with Gasteiger partial charge < -0.3 is 10.6 Å². The van der Waals surface area contributed by atoms with Crippen molar-refractivity contribution in [1.82, 2.24) is 10.6 Å². The highest BCUT2D eigenvalue weighted by atomic mass is 16.2. The summed E-state index contributed by atoms with van der Waals surface area (Å²) < 4.78 is 0. The SMILES string of the molecule is CCCCCNC(=O)NCCCC/C=C\CCCCCCC1=NN=NC1. The van der Waals surface area contributed by atoms with Crippen LogP contribution in [-0.4, -0.2) is 31.4 Å². The van der Waals surface area contributed by atoms with Gasteiger partial charge in [0.2, 0.25) is 0 Å². The Morgan fingerprint density at radius 2 is 1.58 bits per heavy atom. The van der Waals surface area contributed by atoms with Gasteiger partial charge in [-0.1, -0.05) is 44.8 Å². The van der Waals surface area contributed by atoms with Crippen molar-refractivity contribution in [2.75, 3.05) is 19.6 Å². The lowest BCUT2D eigenvalue weighted by Crippen LogP contribution is -2.36. The number of nitrogens with one attached hydrogen (secondary N) is 2. The molecule has 0 aliphatic carbocycles. The summed E-state index contributed by atoms with van der Waals surface area (Å²) in [6.45, 7) is 4.42. The molecule has 1 rings (SSSR count). The zero-order valence-corrected chi connectivity index (χ0v) is 16.5. The van der Waals surface area contributed by atoms with Gasteiger partial charge >= 0.3 is 6.03 Å². The maximum absolute atomic E-state index is 11.5. The van der Waals surface area contributed by atoms with E-state index < -0.39 is 0 Å². The van der Waals surface area contributed by atoms with E-state index in [9.17, 15) is 4.79 Å². The molecule has 1 heterocycles. The molecular weight excluding hydrogens is 326 g/mol. The predicted octanol–water partition coefficient (Wildman–Crippen LogP) is 5.36. The van der Waals surface area contributed by atoms with E-state index in [1.807, 2.05) is 0 Å². The minimum atomic E-state index is -0.0274. The predicted molar refractivity (Wildman–Crippen MR) is 109 cm³/mol. The van der Waals surface area contributed by atoms with Crippen LogP contribution in [0.4, 0.5) is 4.79 Å². The van der Waals surface area contributed by atoms with E-state index in [0.717, 1.165) is 50.9 Å². The number of amides is 2. The number of rotatable bonds is 16. The van der Waals surface area contributed by atoms with Gasteiger partial charge in [-0.2, -0.15) is 5.11 Å². The van der Waals surface area contributed by atoms with Gasteiger partial charge in [-0.15, -0.1) is 5.10 Å². The fourth-order valence-corrected chi connectivity index (χ4v) is 2.78. The highest BCUT2D eigenvalue weighted by Crippen LogP contribution is 2.09. The van der Waals surface area contributed by atoms with E-state index in [4.69, 9.17) is 0 Å². The minimum Gasteiger partial charge on any atom is -0.338 e. The summed E-state index contributed by atoms with van der Waals surface area (Å²) in [5.41, 5.74) is 1.13.